The first kappa shape index (κ1) is 25.8. The van der Waals surface area contributed by atoms with Gasteiger partial charge in [0.15, 0.2) is 0 Å². The maximum absolute atomic E-state index is 6.57. The first-order valence-electron chi connectivity index (χ1n) is 12.0. The van der Waals surface area contributed by atoms with Gasteiger partial charge in [0.25, 0.3) is 0 Å². The predicted molar refractivity (Wildman–Crippen MR) is 137 cm³/mol. The van der Waals surface area contributed by atoms with E-state index < -0.39 is 0 Å². The van der Waals surface area contributed by atoms with Crippen molar-refractivity contribution in [2.75, 3.05) is 7.05 Å². The van der Waals surface area contributed by atoms with Gasteiger partial charge in [-0.15, -0.1) is 0 Å². The minimum Gasteiger partial charge on any atom is -0.458 e. The highest BCUT2D eigenvalue weighted by Crippen LogP contribution is 2.38. The second kappa shape index (κ2) is 12.0. The van der Waals surface area contributed by atoms with Gasteiger partial charge in [-0.25, -0.2) is 0 Å². The van der Waals surface area contributed by atoms with Gasteiger partial charge in [-0.05, 0) is 54.2 Å². The average molecular weight is 438 g/mol. The number of fused-ring (bicyclic) bond motifs is 1. The minimum atomic E-state index is 0.0577. The summed E-state index contributed by atoms with van der Waals surface area (Å²) in [5, 5.41) is 0. The Kier molecular flexibility index (Phi) is 9.64. The third-order valence-corrected chi connectivity index (χ3v) is 6.20. The maximum atomic E-state index is 6.57. The molecule has 4 atom stereocenters. The SMILES string of the molecule is CCC(C)/C=C\C(=C/C(C)[C@H](N)CC)C1=CC2C(=C(C(/C=C\N)=C/C(C)C)C=CN2C)O1. The van der Waals surface area contributed by atoms with Crippen LogP contribution in [0.1, 0.15) is 54.4 Å². The van der Waals surface area contributed by atoms with E-state index in [2.05, 4.69) is 96.1 Å². The summed E-state index contributed by atoms with van der Waals surface area (Å²) in [5.41, 5.74) is 15.4. The van der Waals surface area contributed by atoms with E-state index in [4.69, 9.17) is 16.2 Å². The second-order valence-electron chi connectivity index (χ2n) is 9.36. The highest BCUT2D eigenvalue weighted by atomic mass is 16.5. The number of allylic oxidation sites excluding steroid dienone is 7. The molecule has 0 radical (unpaired) electrons. The Labute approximate surface area is 195 Å². The lowest BCUT2D eigenvalue weighted by atomic mass is 9.95. The summed E-state index contributed by atoms with van der Waals surface area (Å²) in [6.45, 7) is 13.1. The molecular formula is C28H43N3O. The zero-order valence-corrected chi connectivity index (χ0v) is 21.0. The molecule has 0 aromatic heterocycles. The molecule has 32 heavy (non-hydrogen) atoms. The van der Waals surface area contributed by atoms with Crippen molar-refractivity contribution in [3.63, 3.8) is 0 Å². The topological polar surface area (TPSA) is 64.5 Å². The van der Waals surface area contributed by atoms with Crippen LogP contribution in [0.5, 0.6) is 0 Å². The molecule has 0 aliphatic carbocycles. The molecule has 0 amide bonds. The Morgan fingerprint density at radius 3 is 2.41 bits per heavy atom. The van der Waals surface area contributed by atoms with E-state index in [1.165, 1.54) is 0 Å². The Morgan fingerprint density at radius 2 is 1.81 bits per heavy atom. The number of nitrogens with zero attached hydrogens (tertiary/aromatic N) is 1. The van der Waals surface area contributed by atoms with Crippen LogP contribution in [0.25, 0.3) is 0 Å². The van der Waals surface area contributed by atoms with E-state index in [0.29, 0.717) is 11.8 Å². The van der Waals surface area contributed by atoms with Crippen molar-refractivity contribution >= 4 is 0 Å². The minimum absolute atomic E-state index is 0.0577. The third kappa shape index (κ3) is 6.52. The number of hydrogen-bond acceptors (Lipinski definition) is 4. The van der Waals surface area contributed by atoms with Crippen molar-refractivity contribution in [2.45, 2.75) is 66.5 Å². The fourth-order valence-electron chi connectivity index (χ4n) is 3.81. The Morgan fingerprint density at radius 1 is 1.09 bits per heavy atom. The van der Waals surface area contributed by atoms with Crippen molar-refractivity contribution in [1.29, 1.82) is 0 Å². The zero-order valence-electron chi connectivity index (χ0n) is 21.0. The lowest BCUT2D eigenvalue weighted by Crippen LogP contribution is -2.28. The first-order chi connectivity index (χ1) is 15.2. The highest BCUT2D eigenvalue weighted by molar-refractivity contribution is 5.55. The molecule has 2 aliphatic rings. The molecule has 0 bridgehead atoms. The van der Waals surface area contributed by atoms with E-state index in [0.717, 1.165) is 41.1 Å². The predicted octanol–water partition coefficient (Wildman–Crippen LogP) is 5.94. The Hall–Kier alpha value is -2.46. The van der Waals surface area contributed by atoms with Crippen molar-refractivity contribution in [3.8, 4) is 0 Å². The molecule has 4 nitrogen and oxygen atoms in total. The summed E-state index contributed by atoms with van der Waals surface area (Å²) in [4.78, 5) is 2.18. The fourth-order valence-corrected chi connectivity index (χ4v) is 3.81. The van der Waals surface area contributed by atoms with E-state index in [-0.39, 0.29) is 18.0 Å². The molecule has 0 aromatic rings. The van der Waals surface area contributed by atoms with E-state index in [9.17, 15) is 0 Å². The van der Waals surface area contributed by atoms with Gasteiger partial charge < -0.3 is 21.1 Å². The van der Waals surface area contributed by atoms with Crippen LogP contribution in [0.15, 0.2) is 83.2 Å². The number of hydrogen-bond donors (Lipinski definition) is 2. The molecule has 2 aliphatic heterocycles. The molecule has 0 spiro atoms. The van der Waals surface area contributed by atoms with Crippen molar-refractivity contribution in [1.82, 2.24) is 4.90 Å². The molecule has 0 saturated carbocycles. The standard InChI is InChI=1S/C28H43N3O/c1-8-20(5)10-11-23(17-21(6)25(30)9-2)27-18-26-28(32-27)24(13-15-31(26)7)22(12-14-29)16-19(3)4/h10-21,25-26H,8-9,29-30H2,1-7H3/b11-10-,14-12-,22-16+,23-17+/t20?,21?,25-,26?/m1/s1. The molecule has 3 unspecified atom stereocenters. The van der Waals surface area contributed by atoms with Gasteiger partial charge in [-0.3, -0.25) is 0 Å². The number of ether oxygens (including phenoxy) is 1. The van der Waals surface area contributed by atoms with Gasteiger partial charge in [-0.1, -0.05) is 72.3 Å². The first-order valence-corrected chi connectivity index (χ1v) is 12.0. The van der Waals surface area contributed by atoms with Gasteiger partial charge in [0.1, 0.15) is 17.6 Å². The van der Waals surface area contributed by atoms with Gasteiger partial charge in [0, 0.05) is 30.4 Å². The molecule has 2 rings (SSSR count). The zero-order chi connectivity index (χ0) is 23.8. The summed E-state index contributed by atoms with van der Waals surface area (Å²) in [5.74, 6) is 3.01. The summed E-state index contributed by atoms with van der Waals surface area (Å²) in [7, 11) is 2.08. The molecule has 0 aromatic carbocycles. The average Bonchev–Trinajstić information content (AvgIpc) is 3.21. The van der Waals surface area contributed by atoms with Gasteiger partial charge in [-0.2, -0.15) is 0 Å². The lowest BCUT2D eigenvalue weighted by molar-refractivity contribution is 0.276. The molecule has 0 saturated heterocycles. The second-order valence-corrected chi connectivity index (χ2v) is 9.36. The molecule has 4 N–H and O–H groups in total. The summed E-state index contributed by atoms with van der Waals surface area (Å²) in [6.07, 6.45) is 21.0. The largest absolute Gasteiger partial charge is 0.458 e. The van der Waals surface area contributed by atoms with E-state index in [1.807, 2.05) is 6.08 Å². The van der Waals surface area contributed by atoms with Gasteiger partial charge in [0.05, 0.1) is 0 Å². The number of nitrogens with two attached hydrogens (primary N) is 2. The van der Waals surface area contributed by atoms with Crippen LogP contribution < -0.4 is 11.5 Å². The van der Waals surface area contributed by atoms with Crippen molar-refractivity contribution in [2.24, 2.45) is 29.2 Å². The summed E-state index contributed by atoms with van der Waals surface area (Å²) >= 11 is 0. The summed E-state index contributed by atoms with van der Waals surface area (Å²) < 4.78 is 6.57. The lowest BCUT2D eigenvalue weighted by Gasteiger charge is -2.27. The van der Waals surface area contributed by atoms with Crippen LogP contribution in [0, 0.1) is 17.8 Å². The highest BCUT2D eigenvalue weighted by Gasteiger charge is 2.32. The van der Waals surface area contributed by atoms with Crippen LogP contribution in [0.3, 0.4) is 0 Å². The van der Waals surface area contributed by atoms with Crippen molar-refractivity contribution in [3.05, 3.63) is 83.2 Å². The van der Waals surface area contributed by atoms with Crippen LogP contribution in [-0.4, -0.2) is 24.0 Å². The van der Waals surface area contributed by atoms with Gasteiger partial charge >= 0.3 is 0 Å². The quantitative estimate of drug-likeness (QED) is 0.415. The third-order valence-electron chi connectivity index (χ3n) is 6.20. The number of rotatable bonds is 10. The summed E-state index contributed by atoms with van der Waals surface area (Å²) in [6, 6.07) is 0.183. The van der Waals surface area contributed by atoms with Crippen LogP contribution >= 0.6 is 0 Å². The normalized spacial score (nSPS) is 22.6. The maximum Gasteiger partial charge on any atom is 0.138 e. The molecular weight excluding hydrogens is 394 g/mol. The Balaban J connectivity index is 2.51. The van der Waals surface area contributed by atoms with Crippen LogP contribution in [-0.2, 0) is 4.74 Å². The fraction of sp³-hybridized carbons (Fsp3) is 0.500. The molecule has 2 heterocycles. The molecule has 4 heteroatoms. The molecule has 0 fully saturated rings. The Bertz CT molecular complexity index is 854. The van der Waals surface area contributed by atoms with E-state index in [1.54, 1.807) is 6.20 Å². The van der Waals surface area contributed by atoms with Crippen molar-refractivity contribution < 1.29 is 4.74 Å². The van der Waals surface area contributed by atoms with Crippen LogP contribution in [0.4, 0.5) is 0 Å². The monoisotopic (exact) mass is 437 g/mol. The van der Waals surface area contributed by atoms with Crippen LogP contribution in [0.2, 0.25) is 0 Å². The molecule has 176 valence electrons. The smallest absolute Gasteiger partial charge is 0.138 e. The van der Waals surface area contributed by atoms with E-state index >= 15 is 0 Å². The van der Waals surface area contributed by atoms with Gasteiger partial charge in [0.2, 0.25) is 0 Å². The number of likely N-dealkylation sites (N-methyl/N-ethyl adjacent to an activating group) is 1.